The highest BCUT2D eigenvalue weighted by atomic mass is 15.1. The van der Waals surface area contributed by atoms with E-state index in [9.17, 15) is 0 Å². The average molecular weight is 740 g/mol. The first-order chi connectivity index (χ1) is 28.8. The number of rotatable bonds is 7. The molecule has 274 valence electrons. The molecule has 0 saturated carbocycles. The lowest BCUT2D eigenvalue weighted by Gasteiger charge is -2.35. The fourth-order valence-electron chi connectivity index (χ4n) is 9.78. The van der Waals surface area contributed by atoms with E-state index in [1.807, 2.05) is 0 Å². The predicted molar refractivity (Wildman–Crippen MR) is 243 cm³/mol. The minimum Gasteiger partial charge on any atom is -0.310 e. The van der Waals surface area contributed by atoms with Crippen LogP contribution in [0.2, 0.25) is 0 Å². The summed E-state index contributed by atoms with van der Waals surface area (Å²) in [5.74, 6) is 0.317. The molecule has 1 atom stereocenters. The van der Waals surface area contributed by atoms with E-state index in [1.54, 1.807) is 0 Å². The van der Waals surface area contributed by atoms with E-state index in [0.29, 0.717) is 5.92 Å². The van der Waals surface area contributed by atoms with Gasteiger partial charge >= 0.3 is 0 Å². The van der Waals surface area contributed by atoms with Crippen LogP contribution in [-0.2, 0) is 11.8 Å². The van der Waals surface area contributed by atoms with E-state index in [0.717, 1.165) is 23.5 Å². The van der Waals surface area contributed by atoms with Crippen LogP contribution in [0.1, 0.15) is 44.9 Å². The fraction of sp³-hybridized carbons (Fsp3) is 0.0526. The lowest BCUT2D eigenvalue weighted by Crippen LogP contribution is -2.28. The number of hydrogen-bond donors (Lipinski definition) is 0. The standard InChI is InChI=1S/C57H41N/c1-4-14-40(15-5-1)41-26-31-48(32-27-41)58(49-33-28-42(29-34-49)44-30-36-52-45(38-44)25-24-43-16-10-11-21-51(43)52)50-35-37-54-53-22-12-13-23-55(53)57(56(54)39-50,46-17-6-2-7-18-46)47-19-8-3-9-20-47/h1-37,39,44H,38H2. The predicted octanol–water partition coefficient (Wildman–Crippen LogP) is 14.7. The maximum atomic E-state index is 2.46. The molecule has 0 aromatic heterocycles. The van der Waals surface area contributed by atoms with E-state index < -0.39 is 5.41 Å². The van der Waals surface area contributed by atoms with E-state index in [-0.39, 0.29) is 0 Å². The highest BCUT2D eigenvalue weighted by Crippen LogP contribution is 2.57. The van der Waals surface area contributed by atoms with Crippen LogP contribution in [0.4, 0.5) is 17.1 Å². The summed E-state index contributed by atoms with van der Waals surface area (Å²) in [6.45, 7) is 0. The molecule has 0 radical (unpaired) electrons. The molecule has 0 N–H and O–H groups in total. The average Bonchev–Trinajstić information content (AvgIpc) is 3.60. The molecule has 0 fully saturated rings. The number of hydrogen-bond acceptors (Lipinski definition) is 1. The minimum absolute atomic E-state index is 0.317. The maximum Gasteiger partial charge on any atom is 0.0714 e. The first-order valence-corrected chi connectivity index (χ1v) is 20.4. The number of nitrogens with zero attached hydrogens (tertiary/aromatic N) is 1. The second-order valence-electron chi connectivity index (χ2n) is 15.6. The molecule has 0 saturated heterocycles. The molecule has 0 aliphatic heterocycles. The highest BCUT2D eigenvalue weighted by Gasteiger charge is 2.46. The topological polar surface area (TPSA) is 3.24 Å². The quantitative estimate of drug-likeness (QED) is 0.157. The second-order valence-corrected chi connectivity index (χ2v) is 15.6. The van der Waals surface area contributed by atoms with Crippen LogP contribution in [0, 0.1) is 0 Å². The number of allylic oxidation sites excluding steroid dienone is 1. The zero-order valence-corrected chi connectivity index (χ0v) is 32.2. The van der Waals surface area contributed by atoms with Gasteiger partial charge in [-0.1, -0.05) is 194 Å². The Kier molecular flexibility index (Phi) is 8.26. The van der Waals surface area contributed by atoms with Gasteiger partial charge < -0.3 is 4.90 Å². The molecule has 58 heavy (non-hydrogen) atoms. The molecule has 1 unspecified atom stereocenters. The van der Waals surface area contributed by atoms with Gasteiger partial charge in [-0.05, 0) is 115 Å². The molecule has 9 aromatic carbocycles. The minimum atomic E-state index is -0.480. The van der Waals surface area contributed by atoms with Crippen LogP contribution >= 0.6 is 0 Å². The van der Waals surface area contributed by atoms with Crippen molar-refractivity contribution in [2.24, 2.45) is 0 Å². The molecule has 0 spiro atoms. The van der Waals surface area contributed by atoms with Crippen LogP contribution < -0.4 is 4.90 Å². The summed E-state index contributed by atoms with van der Waals surface area (Å²) in [7, 11) is 0. The Balaban J connectivity index is 1.05. The van der Waals surface area contributed by atoms with Crippen molar-refractivity contribution in [1.82, 2.24) is 0 Å². The molecule has 2 aliphatic carbocycles. The Hall–Kier alpha value is -7.22. The molecular formula is C57H41N. The first kappa shape index (κ1) is 34.1. The van der Waals surface area contributed by atoms with Crippen LogP contribution in [0.15, 0.2) is 224 Å². The van der Waals surface area contributed by atoms with Crippen LogP contribution in [0.5, 0.6) is 0 Å². The Morgan fingerprint density at radius 2 is 1.00 bits per heavy atom. The number of anilines is 3. The Morgan fingerprint density at radius 3 is 1.72 bits per heavy atom. The van der Waals surface area contributed by atoms with Gasteiger partial charge in [-0.15, -0.1) is 0 Å². The summed E-state index contributed by atoms with van der Waals surface area (Å²) in [6, 6.07) is 80.5. The summed E-state index contributed by atoms with van der Waals surface area (Å²) >= 11 is 0. The van der Waals surface area contributed by atoms with Gasteiger partial charge in [-0.25, -0.2) is 0 Å². The third kappa shape index (κ3) is 5.54. The van der Waals surface area contributed by atoms with E-state index in [1.165, 1.54) is 72.0 Å². The lowest BCUT2D eigenvalue weighted by atomic mass is 9.67. The van der Waals surface area contributed by atoms with Crippen molar-refractivity contribution < 1.29 is 0 Å². The van der Waals surface area contributed by atoms with Gasteiger partial charge in [0.05, 0.1) is 5.41 Å². The molecular weight excluding hydrogens is 699 g/mol. The van der Waals surface area contributed by atoms with E-state index in [2.05, 4.69) is 235 Å². The summed E-state index contributed by atoms with van der Waals surface area (Å²) in [5, 5.41) is 2.63. The Bertz CT molecular complexity index is 2910. The van der Waals surface area contributed by atoms with Crippen LogP contribution in [0.3, 0.4) is 0 Å². The van der Waals surface area contributed by atoms with Crippen molar-refractivity contribution in [3.05, 3.63) is 263 Å². The van der Waals surface area contributed by atoms with Crippen molar-refractivity contribution in [2.45, 2.75) is 17.8 Å². The van der Waals surface area contributed by atoms with Gasteiger partial charge in [0.2, 0.25) is 0 Å². The Labute approximate surface area is 340 Å². The zero-order valence-electron chi connectivity index (χ0n) is 32.2. The molecule has 2 aliphatic rings. The largest absolute Gasteiger partial charge is 0.310 e. The molecule has 0 amide bonds. The molecule has 1 nitrogen and oxygen atoms in total. The summed E-state index contributed by atoms with van der Waals surface area (Å²) in [4.78, 5) is 2.43. The van der Waals surface area contributed by atoms with Crippen molar-refractivity contribution in [3.63, 3.8) is 0 Å². The second kappa shape index (κ2) is 14.1. The van der Waals surface area contributed by atoms with Crippen molar-refractivity contribution in [3.8, 4) is 22.3 Å². The molecule has 0 heterocycles. The fourth-order valence-corrected chi connectivity index (χ4v) is 9.78. The van der Waals surface area contributed by atoms with Crippen molar-refractivity contribution in [2.75, 3.05) is 4.90 Å². The third-order valence-electron chi connectivity index (χ3n) is 12.5. The van der Waals surface area contributed by atoms with Crippen molar-refractivity contribution >= 4 is 33.9 Å². The lowest BCUT2D eigenvalue weighted by molar-refractivity contribution is 0.768. The zero-order chi connectivity index (χ0) is 38.5. The summed E-state index contributed by atoms with van der Waals surface area (Å²) in [5.41, 5.74) is 17.1. The molecule has 0 bridgehead atoms. The van der Waals surface area contributed by atoms with Crippen LogP contribution in [0.25, 0.3) is 39.1 Å². The monoisotopic (exact) mass is 739 g/mol. The van der Waals surface area contributed by atoms with Gasteiger partial charge in [-0.3, -0.25) is 0 Å². The van der Waals surface area contributed by atoms with Gasteiger partial charge in [0.25, 0.3) is 0 Å². The number of fused-ring (bicyclic) bond motifs is 6. The van der Waals surface area contributed by atoms with Crippen LogP contribution in [-0.4, -0.2) is 0 Å². The van der Waals surface area contributed by atoms with Crippen molar-refractivity contribution in [1.29, 1.82) is 0 Å². The van der Waals surface area contributed by atoms with Gasteiger partial charge in [0, 0.05) is 23.0 Å². The Morgan fingerprint density at radius 1 is 0.431 bits per heavy atom. The third-order valence-corrected chi connectivity index (χ3v) is 12.5. The maximum absolute atomic E-state index is 2.46. The molecule has 11 rings (SSSR count). The van der Waals surface area contributed by atoms with Gasteiger partial charge in [0.15, 0.2) is 0 Å². The highest BCUT2D eigenvalue weighted by molar-refractivity contribution is 5.93. The normalized spacial score (nSPS) is 14.7. The molecule has 1 heteroatoms. The van der Waals surface area contributed by atoms with E-state index >= 15 is 0 Å². The van der Waals surface area contributed by atoms with Gasteiger partial charge in [-0.2, -0.15) is 0 Å². The smallest absolute Gasteiger partial charge is 0.0714 e. The summed E-state index contributed by atoms with van der Waals surface area (Å²) in [6.07, 6.45) is 5.73. The summed E-state index contributed by atoms with van der Waals surface area (Å²) < 4.78 is 0. The van der Waals surface area contributed by atoms with E-state index in [4.69, 9.17) is 0 Å². The first-order valence-electron chi connectivity index (χ1n) is 20.4. The molecule has 9 aromatic rings. The number of benzene rings is 9. The van der Waals surface area contributed by atoms with Gasteiger partial charge in [0.1, 0.15) is 0 Å². The SMILES string of the molecule is C1=CC(c2ccc(N(c3ccc(-c4ccccc4)cc3)c3ccc4c(c3)C(c3ccccc3)(c3ccccc3)c3ccccc3-4)cc2)Cc2ccc3ccccc3c21.